The lowest BCUT2D eigenvalue weighted by Gasteiger charge is -2.13. The highest BCUT2D eigenvalue weighted by atomic mass is 35.5. The molecule has 0 unspecified atom stereocenters. The van der Waals surface area contributed by atoms with Crippen LogP contribution in [-0.4, -0.2) is 38.3 Å². The van der Waals surface area contributed by atoms with Gasteiger partial charge in [0.2, 0.25) is 0 Å². The molecule has 0 saturated carbocycles. The number of thiocarbonyl (C=S) groups is 1. The van der Waals surface area contributed by atoms with Gasteiger partial charge < -0.3 is 14.8 Å². The van der Waals surface area contributed by atoms with E-state index in [0.717, 1.165) is 0 Å². The number of aromatic nitrogens is 4. The van der Waals surface area contributed by atoms with Crippen LogP contribution in [0.2, 0.25) is 10.0 Å². The molecule has 4 aromatic rings. The van der Waals surface area contributed by atoms with Gasteiger partial charge in [-0.15, -0.1) is 5.10 Å². The van der Waals surface area contributed by atoms with Crippen LogP contribution in [-0.2, 0) is 11.3 Å². The summed E-state index contributed by atoms with van der Waals surface area (Å²) in [7, 11) is 1.57. The second kappa shape index (κ2) is 11.7. The molecule has 1 amide bonds. The third-order valence-electron chi connectivity index (χ3n) is 4.71. The third-order valence-corrected chi connectivity index (χ3v) is 5.44. The van der Waals surface area contributed by atoms with Crippen LogP contribution in [0.1, 0.15) is 0 Å². The fourth-order valence-corrected chi connectivity index (χ4v) is 3.70. The van der Waals surface area contributed by atoms with Crippen LogP contribution in [0.25, 0.3) is 11.4 Å². The second-order valence-corrected chi connectivity index (χ2v) is 8.44. The zero-order chi connectivity index (χ0) is 25.5. The smallest absolute Gasteiger partial charge is 0.260 e. The van der Waals surface area contributed by atoms with E-state index in [1.807, 2.05) is 12.1 Å². The summed E-state index contributed by atoms with van der Waals surface area (Å²) in [6.07, 6.45) is 0. The lowest BCUT2D eigenvalue weighted by molar-refractivity contribution is -0.122. The average Bonchev–Trinajstić information content (AvgIpc) is 3.32. The van der Waals surface area contributed by atoms with E-state index in [-0.39, 0.29) is 11.7 Å². The Hall–Kier alpha value is -3.93. The van der Waals surface area contributed by atoms with Crippen molar-refractivity contribution in [1.82, 2.24) is 31.1 Å². The van der Waals surface area contributed by atoms with E-state index in [2.05, 4.69) is 31.7 Å². The number of nitrogens with zero attached hydrogens (tertiary/aromatic N) is 4. The Morgan fingerprint density at radius 2 is 1.86 bits per heavy atom. The monoisotopic (exact) mass is 543 g/mol. The molecule has 0 aliphatic heterocycles. The molecule has 13 heteroatoms. The van der Waals surface area contributed by atoms with Gasteiger partial charge in [-0.2, -0.15) is 0 Å². The van der Waals surface area contributed by atoms with Crippen LogP contribution in [0.15, 0.2) is 66.7 Å². The summed E-state index contributed by atoms with van der Waals surface area (Å²) in [5.74, 6) is 1.41. The van der Waals surface area contributed by atoms with E-state index >= 15 is 0 Å². The van der Waals surface area contributed by atoms with Crippen LogP contribution < -0.4 is 25.6 Å². The number of hydrogen-bond donors (Lipinski definition) is 3. The Morgan fingerprint density at radius 1 is 1.03 bits per heavy atom. The predicted molar refractivity (Wildman–Crippen MR) is 140 cm³/mol. The lowest BCUT2D eigenvalue weighted by atomic mass is 10.2. The number of benzene rings is 3. The summed E-state index contributed by atoms with van der Waals surface area (Å²) >= 11 is 17.4. The maximum Gasteiger partial charge on any atom is 0.260 e. The van der Waals surface area contributed by atoms with Crippen molar-refractivity contribution in [2.45, 2.75) is 6.54 Å². The average molecular weight is 544 g/mol. The molecule has 36 heavy (non-hydrogen) atoms. The molecule has 184 valence electrons. The van der Waals surface area contributed by atoms with Gasteiger partial charge in [0, 0.05) is 16.8 Å². The number of halogens is 2. The summed E-state index contributed by atoms with van der Waals surface area (Å²) in [5, 5.41) is 15.7. The van der Waals surface area contributed by atoms with Crippen LogP contribution in [0.3, 0.4) is 0 Å². The number of ether oxygens (including phenoxy) is 2. The molecule has 3 N–H and O–H groups in total. The molecule has 0 aliphatic carbocycles. The number of anilines is 1. The minimum Gasteiger partial charge on any atom is -0.497 e. The normalized spacial score (nSPS) is 10.4. The first-order valence-electron chi connectivity index (χ1n) is 10.4. The van der Waals surface area contributed by atoms with Crippen LogP contribution in [0.4, 0.5) is 5.69 Å². The standard InChI is InChI=1S/C23H19Cl2N7O3S/c1-34-16-6-4-5-15(12-16)26-23(36)29-27-21(33)13-32-22(28-30-31-32)17-7-2-3-8-19(17)35-20-10-9-14(24)11-18(20)25/h2-12H,13H2,1H3,(H,27,33)(H2,26,29,36). The molecule has 0 bridgehead atoms. The van der Waals surface area contributed by atoms with Gasteiger partial charge in [-0.1, -0.05) is 41.4 Å². The molecule has 0 radical (unpaired) electrons. The van der Waals surface area contributed by atoms with Gasteiger partial charge in [0.25, 0.3) is 5.91 Å². The van der Waals surface area contributed by atoms with Crippen molar-refractivity contribution in [1.29, 1.82) is 0 Å². The van der Waals surface area contributed by atoms with E-state index in [1.165, 1.54) is 4.68 Å². The Bertz CT molecular complexity index is 1400. The number of hydrazine groups is 1. The van der Waals surface area contributed by atoms with Crippen LogP contribution in [0.5, 0.6) is 17.2 Å². The minimum atomic E-state index is -0.433. The third kappa shape index (κ3) is 6.39. The Labute approximate surface area is 221 Å². The molecule has 4 rings (SSSR count). The minimum absolute atomic E-state index is 0.187. The first kappa shape index (κ1) is 25.2. The van der Waals surface area contributed by atoms with Crippen molar-refractivity contribution in [2.24, 2.45) is 0 Å². The molecule has 0 aliphatic rings. The molecule has 1 heterocycles. The fourth-order valence-electron chi connectivity index (χ4n) is 3.09. The lowest BCUT2D eigenvalue weighted by Crippen LogP contribution is -2.45. The number of tetrazole rings is 1. The number of amides is 1. The Morgan fingerprint density at radius 3 is 2.67 bits per heavy atom. The van der Waals surface area contributed by atoms with Gasteiger partial charge in [0.05, 0.1) is 17.7 Å². The number of carbonyl (C=O) groups is 1. The van der Waals surface area contributed by atoms with E-state index in [0.29, 0.717) is 44.4 Å². The van der Waals surface area contributed by atoms with Crippen molar-refractivity contribution < 1.29 is 14.3 Å². The van der Waals surface area contributed by atoms with E-state index < -0.39 is 5.91 Å². The van der Waals surface area contributed by atoms with Gasteiger partial charge in [-0.3, -0.25) is 15.6 Å². The van der Waals surface area contributed by atoms with Gasteiger partial charge in [0.15, 0.2) is 10.9 Å². The Balaban J connectivity index is 1.41. The summed E-state index contributed by atoms with van der Waals surface area (Å²) in [6.45, 7) is -0.187. The summed E-state index contributed by atoms with van der Waals surface area (Å²) in [5.41, 5.74) is 6.41. The van der Waals surface area contributed by atoms with Gasteiger partial charge in [0.1, 0.15) is 23.8 Å². The first-order chi connectivity index (χ1) is 17.4. The number of nitrogens with one attached hydrogen (secondary N) is 3. The zero-order valence-corrected chi connectivity index (χ0v) is 21.1. The van der Waals surface area contributed by atoms with Crippen LogP contribution in [0, 0.1) is 0 Å². The topological polar surface area (TPSA) is 115 Å². The quantitative estimate of drug-likeness (QED) is 0.229. The van der Waals surface area contributed by atoms with Crippen molar-refractivity contribution in [3.63, 3.8) is 0 Å². The van der Waals surface area contributed by atoms with Crippen molar-refractivity contribution >= 4 is 52.1 Å². The number of rotatable bonds is 7. The molecule has 0 spiro atoms. The van der Waals surface area contributed by atoms with Crippen molar-refractivity contribution in [3.8, 4) is 28.6 Å². The number of methoxy groups -OCH3 is 1. The highest BCUT2D eigenvalue weighted by Crippen LogP contribution is 2.36. The molecule has 3 aromatic carbocycles. The van der Waals surface area contributed by atoms with E-state index in [4.69, 9.17) is 44.9 Å². The first-order valence-corrected chi connectivity index (χ1v) is 11.6. The molecule has 0 saturated heterocycles. The van der Waals surface area contributed by atoms with Crippen molar-refractivity contribution in [3.05, 3.63) is 76.8 Å². The highest BCUT2D eigenvalue weighted by molar-refractivity contribution is 7.80. The van der Waals surface area contributed by atoms with Gasteiger partial charge in [-0.05, 0) is 65.1 Å². The zero-order valence-electron chi connectivity index (χ0n) is 18.7. The maximum atomic E-state index is 12.5. The summed E-state index contributed by atoms with van der Waals surface area (Å²) in [4.78, 5) is 12.5. The molecular weight excluding hydrogens is 525 g/mol. The van der Waals surface area contributed by atoms with E-state index in [9.17, 15) is 4.79 Å². The number of para-hydroxylation sites is 1. The van der Waals surface area contributed by atoms with E-state index in [1.54, 1.807) is 61.7 Å². The molecule has 10 nitrogen and oxygen atoms in total. The number of carbonyl (C=O) groups excluding carboxylic acids is 1. The molecule has 0 atom stereocenters. The highest BCUT2D eigenvalue weighted by Gasteiger charge is 2.17. The largest absolute Gasteiger partial charge is 0.497 e. The molecular formula is C23H19Cl2N7O3S. The van der Waals surface area contributed by atoms with Gasteiger partial charge >= 0.3 is 0 Å². The Kier molecular flexibility index (Phi) is 8.16. The predicted octanol–water partition coefficient (Wildman–Crippen LogP) is 4.47. The van der Waals surface area contributed by atoms with Gasteiger partial charge in [-0.25, -0.2) is 4.68 Å². The second-order valence-electron chi connectivity index (χ2n) is 7.19. The fraction of sp³-hybridized carbons (Fsp3) is 0.0870. The molecule has 1 aromatic heterocycles. The SMILES string of the molecule is COc1cccc(NC(=S)NNC(=O)Cn2nnnc2-c2ccccc2Oc2ccc(Cl)cc2Cl)c1. The maximum absolute atomic E-state index is 12.5. The summed E-state index contributed by atoms with van der Waals surface area (Å²) < 4.78 is 12.5. The van der Waals surface area contributed by atoms with Crippen LogP contribution >= 0.6 is 35.4 Å². The number of hydrogen-bond acceptors (Lipinski definition) is 7. The summed E-state index contributed by atoms with van der Waals surface area (Å²) in [6, 6.07) is 19.2. The van der Waals surface area contributed by atoms with Crippen molar-refractivity contribution in [2.75, 3.05) is 12.4 Å². The molecule has 0 fully saturated rings.